The van der Waals surface area contributed by atoms with Gasteiger partial charge >= 0.3 is 0 Å². The highest BCUT2D eigenvalue weighted by Crippen LogP contribution is 2.37. The summed E-state index contributed by atoms with van der Waals surface area (Å²) in [5.74, 6) is 0.0997. The summed E-state index contributed by atoms with van der Waals surface area (Å²) in [5.41, 5.74) is 1.61. The number of amides is 3. The second-order valence-electron chi connectivity index (χ2n) is 7.62. The van der Waals surface area contributed by atoms with Gasteiger partial charge in [-0.25, -0.2) is 0 Å². The minimum atomic E-state index is -0.629. The average molecular weight is 357 g/mol. The van der Waals surface area contributed by atoms with E-state index in [1.54, 1.807) is 17.0 Å². The van der Waals surface area contributed by atoms with Crippen LogP contribution < -0.4 is 5.32 Å². The van der Waals surface area contributed by atoms with Crippen LogP contribution >= 0.6 is 0 Å². The Morgan fingerprint density at radius 1 is 1.12 bits per heavy atom. The minimum absolute atomic E-state index is 0.0383. The molecule has 6 heteroatoms. The van der Waals surface area contributed by atoms with Crippen LogP contribution in [0.3, 0.4) is 0 Å². The van der Waals surface area contributed by atoms with Crippen LogP contribution in [0.5, 0.6) is 0 Å². The van der Waals surface area contributed by atoms with Crippen molar-refractivity contribution in [2.45, 2.75) is 45.4 Å². The molecule has 140 valence electrons. The number of nitrogens with one attached hydrogen (secondary N) is 1. The van der Waals surface area contributed by atoms with E-state index in [2.05, 4.69) is 12.2 Å². The van der Waals surface area contributed by atoms with Crippen LogP contribution in [0.4, 0.5) is 5.69 Å². The molecule has 0 atom stereocenters. The Bertz CT molecular complexity index is 734. The van der Waals surface area contributed by atoms with Crippen molar-refractivity contribution in [1.82, 2.24) is 9.80 Å². The summed E-state index contributed by atoms with van der Waals surface area (Å²) in [5, 5.41) is 2.86. The third-order valence-corrected chi connectivity index (χ3v) is 5.42. The van der Waals surface area contributed by atoms with Crippen LogP contribution in [0.2, 0.25) is 0 Å². The molecule has 1 aromatic rings. The maximum atomic E-state index is 12.9. The molecule has 0 aliphatic carbocycles. The first-order valence-corrected chi connectivity index (χ1v) is 9.37. The zero-order chi connectivity index (χ0) is 18.9. The number of hydrogen-bond donors (Lipinski definition) is 1. The second-order valence-corrected chi connectivity index (χ2v) is 7.62. The lowest BCUT2D eigenvalue weighted by Crippen LogP contribution is -2.50. The van der Waals surface area contributed by atoms with Crippen LogP contribution in [-0.2, 0) is 15.0 Å². The van der Waals surface area contributed by atoms with Gasteiger partial charge in [0.2, 0.25) is 11.8 Å². The number of fused-ring (bicyclic) bond motifs is 1. The maximum Gasteiger partial charge on any atom is 0.253 e. The Morgan fingerprint density at radius 2 is 1.77 bits per heavy atom. The SMILES string of the molecule is CCCCC(=O)N1CCN(C(=O)c2ccc3c(c2)C(C)(C)C(=O)N3)CC1. The van der Waals surface area contributed by atoms with Crippen LogP contribution in [0.25, 0.3) is 0 Å². The van der Waals surface area contributed by atoms with Crippen LogP contribution in [-0.4, -0.2) is 53.7 Å². The van der Waals surface area contributed by atoms with E-state index < -0.39 is 5.41 Å². The van der Waals surface area contributed by atoms with E-state index >= 15 is 0 Å². The number of nitrogens with zero attached hydrogens (tertiary/aromatic N) is 2. The summed E-state index contributed by atoms with van der Waals surface area (Å²) in [4.78, 5) is 40.7. The summed E-state index contributed by atoms with van der Waals surface area (Å²) in [6.07, 6.45) is 2.51. The molecule has 2 aliphatic heterocycles. The van der Waals surface area contributed by atoms with E-state index in [-0.39, 0.29) is 17.7 Å². The van der Waals surface area contributed by atoms with Crippen molar-refractivity contribution in [2.75, 3.05) is 31.5 Å². The van der Waals surface area contributed by atoms with Crippen molar-refractivity contribution in [2.24, 2.45) is 0 Å². The lowest BCUT2D eigenvalue weighted by Gasteiger charge is -2.35. The molecule has 1 N–H and O–H groups in total. The van der Waals surface area contributed by atoms with Gasteiger partial charge in [-0.1, -0.05) is 13.3 Å². The second kappa shape index (κ2) is 7.09. The van der Waals surface area contributed by atoms with Crippen LogP contribution in [0.15, 0.2) is 18.2 Å². The highest BCUT2D eigenvalue weighted by atomic mass is 16.2. The number of rotatable bonds is 4. The van der Waals surface area contributed by atoms with E-state index in [0.717, 1.165) is 24.1 Å². The molecule has 6 nitrogen and oxygen atoms in total. The predicted molar refractivity (Wildman–Crippen MR) is 100 cm³/mol. The summed E-state index contributed by atoms with van der Waals surface area (Å²) in [6, 6.07) is 5.40. The first kappa shape index (κ1) is 18.4. The maximum absolute atomic E-state index is 12.9. The van der Waals surface area contributed by atoms with Crippen molar-refractivity contribution < 1.29 is 14.4 Å². The minimum Gasteiger partial charge on any atom is -0.339 e. The highest BCUT2D eigenvalue weighted by molar-refractivity contribution is 6.07. The molecule has 1 saturated heterocycles. The molecule has 3 rings (SSSR count). The molecule has 0 radical (unpaired) electrons. The van der Waals surface area contributed by atoms with E-state index in [9.17, 15) is 14.4 Å². The smallest absolute Gasteiger partial charge is 0.253 e. The fourth-order valence-corrected chi connectivity index (χ4v) is 3.53. The quantitative estimate of drug-likeness (QED) is 0.899. The van der Waals surface area contributed by atoms with Gasteiger partial charge in [0.15, 0.2) is 0 Å². The molecule has 2 heterocycles. The lowest BCUT2D eigenvalue weighted by molar-refractivity contribution is -0.132. The molecular weight excluding hydrogens is 330 g/mol. The van der Waals surface area contributed by atoms with Gasteiger partial charge < -0.3 is 15.1 Å². The number of unbranched alkanes of at least 4 members (excludes halogenated alkanes) is 1. The fraction of sp³-hybridized carbons (Fsp3) is 0.550. The van der Waals surface area contributed by atoms with Gasteiger partial charge in [-0.15, -0.1) is 0 Å². The van der Waals surface area contributed by atoms with E-state index in [4.69, 9.17) is 0 Å². The summed E-state index contributed by atoms with van der Waals surface area (Å²) in [7, 11) is 0. The molecule has 0 spiro atoms. The zero-order valence-corrected chi connectivity index (χ0v) is 15.8. The van der Waals surface area contributed by atoms with Gasteiger partial charge in [0.1, 0.15) is 0 Å². The standard InChI is InChI=1S/C20H27N3O3/c1-4-5-6-17(24)22-9-11-23(12-10-22)18(25)14-7-8-16-15(13-14)20(2,3)19(26)21-16/h7-8,13H,4-6,9-12H2,1-3H3,(H,21,26). The van der Waals surface area contributed by atoms with Crippen LogP contribution in [0.1, 0.15) is 56.0 Å². The molecular formula is C20H27N3O3. The van der Waals surface area contributed by atoms with Crippen molar-refractivity contribution >= 4 is 23.4 Å². The normalized spacial score (nSPS) is 18.5. The average Bonchev–Trinajstić information content (AvgIpc) is 2.88. The molecule has 0 bridgehead atoms. The lowest BCUT2D eigenvalue weighted by atomic mass is 9.85. The molecule has 3 amide bonds. The number of piperazine rings is 1. The molecule has 0 aromatic heterocycles. The first-order chi connectivity index (χ1) is 12.3. The van der Waals surface area contributed by atoms with Crippen molar-refractivity contribution in [1.29, 1.82) is 0 Å². The van der Waals surface area contributed by atoms with Crippen molar-refractivity contribution in [3.05, 3.63) is 29.3 Å². The molecule has 1 aromatic carbocycles. The number of anilines is 1. The van der Waals surface area contributed by atoms with Gasteiger partial charge in [-0.3, -0.25) is 14.4 Å². The number of hydrogen-bond acceptors (Lipinski definition) is 3. The van der Waals surface area contributed by atoms with Crippen molar-refractivity contribution in [3.63, 3.8) is 0 Å². The number of carbonyl (C=O) groups excluding carboxylic acids is 3. The van der Waals surface area contributed by atoms with E-state index in [1.165, 1.54) is 0 Å². The molecule has 2 aliphatic rings. The Hall–Kier alpha value is -2.37. The largest absolute Gasteiger partial charge is 0.339 e. The Morgan fingerprint density at radius 3 is 2.42 bits per heavy atom. The predicted octanol–water partition coefficient (Wildman–Crippen LogP) is 2.39. The third kappa shape index (κ3) is 3.32. The van der Waals surface area contributed by atoms with Gasteiger partial charge in [0.25, 0.3) is 5.91 Å². The Labute approximate surface area is 154 Å². The van der Waals surface area contributed by atoms with Gasteiger partial charge in [0.05, 0.1) is 5.41 Å². The summed E-state index contributed by atoms with van der Waals surface area (Å²) >= 11 is 0. The summed E-state index contributed by atoms with van der Waals surface area (Å²) in [6.45, 7) is 8.08. The first-order valence-electron chi connectivity index (χ1n) is 9.37. The fourth-order valence-electron chi connectivity index (χ4n) is 3.53. The van der Waals surface area contributed by atoms with E-state index in [0.29, 0.717) is 38.2 Å². The molecule has 0 saturated carbocycles. The highest BCUT2D eigenvalue weighted by Gasteiger charge is 2.39. The number of benzene rings is 1. The monoisotopic (exact) mass is 357 g/mol. The number of carbonyl (C=O) groups is 3. The van der Waals surface area contributed by atoms with Crippen molar-refractivity contribution in [3.8, 4) is 0 Å². The van der Waals surface area contributed by atoms with Gasteiger partial charge in [0, 0.05) is 43.9 Å². The topological polar surface area (TPSA) is 69.7 Å². The summed E-state index contributed by atoms with van der Waals surface area (Å²) < 4.78 is 0. The molecule has 1 fully saturated rings. The van der Waals surface area contributed by atoms with E-state index in [1.807, 2.05) is 24.8 Å². The zero-order valence-electron chi connectivity index (χ0n) is 15.8. The van der Waals surface area contributed by atoms with Gasteiger partial charge in [-0.2, -0.15) is 0 Å². The third-order valence-electron chi connectivity index (χ3n) is 5.42. The van der Waals surface area contributed by atoms with Gasteiger partial charge in [-0.05, 0) is 44.0 Å². The molecule has 26 heavy (non-hydrogen) atoms. The Kier molecular flexibility index (Phi) is 5.03. The Balaban J connectivity index is 1.66. The van der Waals surface area contributed by atoms with Crippen LogP contribution in [0, 0.1) is 0 Å². The molecule has 0 unspecified atom stereocenters.